The van der Waals surface area contributed by atoms with Crippen LogP contribution < -0.4 is 0 Å². The van der Waals surface area contributed by atoms with Gasteiger partial charge in [-0.25, -0.2) is 0 Å². The van der Waals surface area contributed by atoms with E-state index in [1.54, 1.807) is 0 Å². The van der Waals surface area contributed by atoms with Gasteiger partial charge in [0.15, 0.2) is 0 Å². The summed E-state index contributed by atoms with van der Waals surface area (Å²) in [5, 5.41) is 20.1. The van der Waals surface area contributed by atoms with Crippen molar-refractivity contribution in [1.29, 1.82) is 0 Å². The smallest absolute Gasteiger partial charge is 0.0777 e. The molecule has 0 bridgehead atoms. The third-order valence-corrected chi connectivity index (χ3v) is 4.30. The highest BCUT2D eigenvalue weighted by atomic mass is 16.5. The number of benzene rings is 1. The summed E-state index contributed by atoms with van der Waals surface area (Å²) in [5.41, 5.74) is 1.35. The van der Waals surface area contributed by atoms with Crippen LogP contribution in [0.4, 0.5) is 0 Å². The SMILES string of the molecule is CCOCC(O)CC1CC(c2ccccc2)CCC1O. The first-order valence-electron chi connectivity index (χ1n) is 7.69. The fourth-order valence-electron chi connectivity index (χ4n) is 3.20. The van der Waals surface area contributed by atoms with Gasteiger partial charge in [-0.3, -0.25) is 0 Å². The highest BCUT2D eigenvalue weighted by Crippen LogP contribution is 2.38. The summed E-state index contributed by atoms with van der Waals surface area (Å²) in [6.07, 6.45) is 2.68. The minimum atomic E-state index is -0.468. The predicted octanol–water partition coefficient (Wildman–Crippen LogP) is 2.72. The molecule has 3 nitrogen and oxygen atoms in total. The highest BCUT2D eigenvalue weighted by Gasteiger charge is 2.31. The van der Waals surface area contributed by atoms with Crippen molar-refractivity contribution in [1.82, 2.24) is 0 Å². The monoisotopic (exact) mass is 278 g/mol. The molecule has 0 saturated heterocycles. The van der Waals surface area contributed by atoms with Crippen molar-refractivity contribution >= 4 is 0 Å². The summed E-state index contributed by atoms with van der Waals surface area (Å²) in [6, 6.07) is 10.5. The summed E-state index contributed by atoms with van der Waals surface area (Å²) in [6.45, 7) is 2.92. The Labute approximate surface area is 121 Å². The van der Waals surface area contributed by atoms with E-state index in [2.05, 4.69) is 24.3 Å². The molecule has 0 amide bonds. The molecule has 1 aliphatic rings. The van der Waals surface area contributed by atoms with Gasteiger partial charge in [0.1, 0.15) is 0 Å². The van der Waals surface area contributed by atoms with E-state index in [0.717, 1.165) is 19.3 Å². The molecule has 1 aliphatic carbocycles. The second-order valence-electron chi connectivity index (χ2n) is 5.80. The molecular formula is C17H26O3. The molecule has 20 heavy (non-hydrogen) atoms. The summed E-state index contributed by atoms with van der Waals surface area (Å²) < 4.78 is 5.25. The number of hydrogen-bond acceptors (Lipinski definition) is 3. The van der Waals surface area contributed by atoms with Crippen molar-refractivity contribution in [2.45, 2.75) is 50.7 Å². The first-order chi connectivity index (χ1) is 9.70. The zero-order valence-electron chi connectivity index (χ0n) is 12.2. The molecule has 0 aliphatic heterocycles. The van der Waals surface area contributed by atoms with Crippen LogP contribution in [0.5, 0.6) is 0 Å². The van der Waals surface area contributed by atoms with Crippen LogP contribution in [-0.2, 0) is 4.74 Å². The highest BCUT2D eigenvalue weighted by molar-refractivity contribution is 5.20. The van der Waals surface area contributed by atoms with Crippen LogP contribution >= 0.6 is 0 Å². The Hall–Kier alpha value is -0.900. The van der Waals surface area contributed by atoms with Crippen molar-refractivity contribution in [3.63, 3.8) is 0 Å². The lowest BCUT2D eigenvalue weighted by atomic mass is 9.74. The third kappa shape index (κ3) is 4.30. The number of aliphatic hydroxyl groups excluding tert-OH is 2. The van der Waals surface area contributed by atoms with E-state index in [4.69, 9.17) is 4.74 Å². The lowest BCUT2D eigenvalue weighted by Gasteiger charge is -2.34. The Morgan fingerprint density at radius 2 is 2.00 bits per heavy atom. The van der Waals surface area contributed by atoms with E-state index in [-0.39, 0.29) is 12.0 Å². The van der Waals surface area contributed by atoms with Gasteiger partial charge in [0.25, 0.3) is 0 Å². The van der Waals surface area contributed by atoms with Gasteiger partial charge in [0.05, 0.1) is 18.8 Å². The second kappa shape index (κ2) is 7.77. The Bertz CT molecular complexity index is 379. The average molecular weight is 278 g/mol. The van der Waals surface area contributed by atoms with Gasteiger partial charge in [0, 0.05) is 6.61 Å². The fraction of sp³-hybridized carbons (Fsp3) is 0.647. The van der Waals surface area contributed by atoms with Crippen LogP contribution in [0.15, 0.2) is 30.3 Å². The van der Waals surface area contributed by atoms with Crippen LogP contribution in [0.2, 0.25) is 0 Å². The van der Waals surface area contributed by atoms with E-state index in [1.165, 1.54) is 5.56 Å². The van der Waals surface area contributed by atoms with E-state index < -0.39 is 6.10 Å². The molecule has 0 spiro atoms. The maximum atomic E-state index is 10.2. The van der Waals surface area contributed by atoms with Crippen LogP contribution in [-0.4, -0.2) is 35.6 Å². The van der Waals surface area contributed by atoms with Crippen molar-refractivity contribution in [3.05, 3.63) is 35.9 Å². The van der Waals surface area contributed by atoms with Gasteiger partial charge in [-0.1, -0.05) is 30.3 Å². The lowest BCUT2D eigenvalue weighted by molar-refractivity contribution is -0.00648. The number of hydrogen-bond donors (Lipinski definition) is 2. The fourth-order valence-corrected chi connectivity index (χ4v) is 3.20. The zero-order valence-corrected chi connectivity index (χ0v) is 12.2. The molecule has 2 N–H and O–H groups in total. The van der Waals surface area contributed by atoms with Crippen molar-refractivity contribution < 1.29 is 14.9 Å². The molecule has 1 saturated carbocycles. The maximum absolute atomic E-state index is 10.2. The van der Waals surface area contributed by atoms with Gasteiger partial charge >= 0.3 is 0 Å². The first-order valence-corrected chi connectivity index (χ1v) is 7.69. The Balaban J connectivity index is 1.91. The largest absolute Gasteiger partial charge is 0.393 e. The summed E-state index contributed by atoms with van der Waals surface area (Å²) in [7, 11) is 0. The standard InChI is InChI=1S/C17H26O3/c1-2-20-12-16(18)11-15-10-14(8-9-17(15)19)13-6-4-3-5-7-13/h3-7,14-19H,2,8-12H2,1H3. The molecule has 3 heteroatoms. The van der Waals surface area contributed by atoms with Gasteiger partial charge in [0.2, 0.25) is 0 Å². The van der Waals surface area contributed by atoms with E-state index in [9.17, 15) is 10.2 Å². The zero-order chi connectivity index (χ0) is 14.4. The average Bonchev–Trinajstić information content (AvgIpc) is 2.48. The summed E-state index contributed by atoms with van der Waals surface area (Å²) in [5.74, 6) is 0.674. The van der Waals surface area contributed by atoms with Crippen molar-refractivity contribution in [3.8, 4) is 0 Å². The molecule has 2 rings (SSSR count). The molecule has 112 valence electrons. The molecule has 4 unspecified atom stereocenters. The lowest BCUT2D eigenvalue weighted by Crippen LogP contribution is -2.32. The van der Waals surface area contributed by atoms with Gasteiger partial charge in [-0.15, -0.1) is 0 Å². The molecular weight excluding hydrogens is 252 g/mol. The number of aliphatic hydroxyl groups is 2. The minimum absolute atomic E-state index is 0.171. The molecule has 1 fully saturated rings. The van der Waals surface area contributed by atoms with Crippen LogP contribution in [0.25, 0.3) is 0 Å². The van der Waals surface area contributed by atoms with E-state index in [1.807, 2.05) is 13.0 Å². The number of rotatable bonds is 6. The van der Waals surface area contributed by atoms with Crippen LogP contribution in [0.3, 0.4) is 0 Å². The van der Waals surface area contributed by atoms with Crippen molar-refractivity contribution in [2.24, 2.45) is 5.92 Å². The molecule has 4 atom stereocenters. The normalized spacial score (nSPS) is 28.2. The molecule has 0 radical (unpaired) electrons. The predicted molar refractivity (Wildman–Crippen MR) is 79.6 cm³/mol. The van der Waals surface area contributed by atoms with Gasteiger partial charge < -0.3 is 14.9 Å². The molecule has 0 heterocycles. The summed E-state index contributed by atoms with van der Waals surface area (Å²) in [4.78, 5) is 0. The van der Waals surface area contributed by atoms with Crippen LogP contribution in [0, 0.1) is 5.92 Å². The number of ether oxygens (including phenoxy) is 1. The molecule has 1 aromatic carbocycles. The minimum Gasteiger partial charge on any atom is -0.393 e. The molecule has 1 aromatic rings. The quantitative estimate of drug-likeness (QED) is 0.841. The first kappa shape index (κ1) is 15.5. The topological polar surface area (TPSA) is 49.7 Å². The van der Waals surface area contributed by atoms with Gasteiger partial charge in [-0.05, 0) is 50.0 Å². The second-order valence-corrected chi connectivity index (χ2v) is 5.80. The third-order valence-electron chi connectivity index (χ3n) is 4.30. The Morgan fingerprint density at radius 3 is 2.70 bits per heavy atom. The Morgan fingerprint density at radius 1 is 1.25 bits per heavy atom. The summed E-state index contributed by atoms with van der Waals surface area (Å²) >= 11 is 0. The van der Waals surface area contributed by atoms with E-state index >= 15 is 0 Å². The maximum Gasteiger partial charge on any atom is 0.0777 e. The van der Waals surface area contributed by atoms with E-state index in [0.29, 0.717) is 25.6 Å². The molecule has 0 aromatic heterocycles. The van der Waals surface area contributed by atoms with Crippen molar-refractivity contribution in [2.75, 3.05) is 13.2 Å². The van der Waals surface area contributed by atoms with Crippen LogP contribution in [0.1, 0.15) is 44.1 Å². The Kier molecular flexibility index (Phi) is 6.02. The van der Waals surface area contributed by atoms with Gasteiger partial charge in [-0.2, -0.15) is 0 Å².